The predicted octanol–water partition coefficient (Wildman–Crippen LogP) is 6.45. The van der Waals surface area contributed by atoms with Gasteiger partial charge in [-0.15, -0.1) is 0 Å². The molecule has 0 heterocycles. The molecule has 0 aliphatic carbocycles. The van der Waals surface area contributed by atoms with E-state index in [1.54, 1.807) is 0 Å². The van der Waals surface area contributed by atoms with Crippen molar-refractivity contribution in [3.63, 3.8) is 0 Å². The molecule has 0 aromatic heterocycles. The van der Waals surface area contributed by atoms with E-state index in [1.165, 1.54) is 51.4 Å². The molecule has 1 rings (SSSR count). The van der Waals surface area contributed by atoms with Crippen LogP contribution in [-0.4, -0.2) is 17.9 Å². The van der Waals surface area contributed by atoms with Crippen LogP contribution in [0.4, 0.5) is 0 Å². The summed E-state index contributed by atoms with van der Waals surface area (Å²) in [6.07, 6.45) is 12.8. The van der Waals surface area contributed by atoms with Crippen molar-refractivity contribution in [2.24, 2.45) is 0 Å². The van der Waals surface area contributed by atoms with Gasteiger partial charge in [0.25, 0.3) is 0 Å². The van der Waals surface area contributed by atoms with Crippen molar-refractivity contribution in [3.05, 3.63) is 35.4 Å². The largest absolute Gasteiger partial charge is 0.462 e. The highest BCUT2D eigenvalue weighted by Crippen LogP contribution is 2.11. The van der Waals surface area contributed by atoms with E-state index in [0.717, 1.165) is 23.7 Å². The number of carbonyl (C=O) groups is 1. The lowest BCUT2D eigenvalue weighted by atomic mass is 10.1. The number of esters is 1. The molecule has 0 radical (unpaired) electrons. The summed E-state index contributed by atoms with van der Waals surface area (Å²) in [5.74, 6) is -0.200. The van der Waals surface area contributed by atoms with E-state index < -0.39 is 0 Å². The van der Waals surface area contributed by atoms with Crippen LogP contribution in [0, 0.1) is 6.92 Å². The molecule has 0 N–H and O–H groups in total. The quantitative estimate of drug-likeness (QED) is 0.222. The minimum atomic E-state index is -0.200. The predicted molar refractivity (Wildman–Crippen MR) is 101 cm³/mol. The van der Waals surface area contributed by atoms with Gasteiger partial charge in [0, 0.05) is 5.33 Å². The zero-order chi connectivity index (χ0) is 16.8. The van der Waals surface area contributed by atoms with Crippen LogP contribution >= 0.6 is 15.9 Å². The summed E-state index contributed by atoms with van der Waals surface area (Å²) in [6, 6.07) is 7.54. The average Bonchev–Trinajstić information content (AvgIpc) is 2.56. The van der Waals surface area contributed by atoms with Crippen LogP contribution in [0.15, 0.2) is 24.3 Å². The van der Waals surface area contributed by atoms with Crippen LogP contribution < -0.4 is 0 Å². The van der Waals surface area contributed by atoms with Gasteiger partial charge in [-0.3, -0.25) is 0 Å². The maximum atomic E-state index is 11.8. The summed E-state index contributed by atoms with van der Waals surface area (Å²) < 4.78 is 5.31. The molecule has 0 unspecified atom stereocenters. The van der Waals surface area contributed by atoms with Crippen molar-refractivity contribution in [1.29, 1.82) is 0 Å². The van der Waals surface area contributed by atoms with Crippen molar-refractivity contribution < 1.29 is 9.53 Å². The topological polar surface area (TPSA) is 26.3 Å². The Bertz CT molecular complexity index is 414. The summed E-state index contributed by atoms with van der Waals surface area (Å²) in [5, 5.41) is 1.14. The van der Waals surface area contributed by atoms with E-state index in [4.69, 9.17) is 4.74 Å². The van der Waals surface area contributed by atoms with Crippen LogP contribution in [0.25, 0.3) is 0 Å². The van der Waals surface area contributed by atoms with E-state index in [1.807, 2.05) is 31.2 Å². The zero-order valence-corrected chi connectivity index (χ0v) is 16.1. The standard InChI is InChI=1S/C20H31BrO2/c1-18-12-14-19(15-13-18)20(22)23-17-11-9-7-5-3-2-4-6-8-10-16-21/h12-15H,2-11,16-17H2,1H3. The Morgan fingerprint density at radius 2 is 1.30 bits per heavy atom. The molecular formula is C20H31BrO2. The molecule has 2 nitrogen and oxygen atoms in total. The second-order valence-corrected chi connectivity index (χ2v) is 7.02. The molecule has 0 saturated carbocycles. The molecule has 3 heteroatoms. The van der Waals surface area contributed by atoms with Gasteiger partial charge in [-0.2, -0.15) is 0 Å². The third-order valence-corrected chi connectivity index (χ3v) is 4.61. The molecular weight excluding hydrogens is 352 g/mol. The molecule has 1 aromatic carbocycles. The van der Waals surface area contributed by atoms with Crippen LogP contribution in [-0.2, 0) is 4.74 Å². The number of halogens is 1. The molecule has 130 valence electrons. The van der Waals surface area contributed by atoms with Crippen molar-refractivity contribution in [3.8, 4) is 0 Å². The molecule has 0 saturated heterocycles. The highest BCUT2D eigenvalue weighted by molar-refractivity contribution is 9.09. The second-order valence-electron chi connectivity index (χ2n) is 6.23. The Labute approximate surface area is 150 Å². The van der Waals surface area contributed by atoms with Gasteiger partial charge in [0.15, 0.2) is 0 Å². The first-order valence-electron chi connectivity index (χ1n) is 9.04. The van der Waals surface area contributed by atoms with Crippen LogP contribution in [0.3, 0.4) is 0 Å². The first kappa shape index (κ1) is 20.2. The van der Waals surface area contributed by atoms with Gasteiger partial charge in [0.2, 0.25) is 0 Å². The summed E-state index contributed by atoms with van der Waals surface area (Å²) in [7, 11) is 0. The summed E-state index contributed by atoms with van der Waals surface area (Å²) in [4.78, 5) is 11.8. The molecule has 0 spiro atoms. The average molecular weight is 383 g/mol. The van der Waals surface area contributed by atoms with E-state index in [0.29, 0.717) is 12.2 Å². The fraction of sp³-hybridized carbons (Fsp3) is 0.650. The first-order chi connectivity index (χ1) is 11.2. The van der Waals surface area contributed by atoms with Gasteiger partial charge in [0.05, 0.1) is 12.2 Å². The van der Waals surface area contributed by atoms with Gasteiger partial charge in [-0.1, -0.05) is 85.0 Å². The van der Waals surface area contributed by atoms with Gasteiger partial charge in [-0.25, -0.2) is 4.79 Å². The molecule has 0 fully saturated rings. The van der Waals surface area contributed by atoms with Gasteiger partial charge < -0.3 is 4.74 Å². The lowest BCUT2D eigenvalue weighted by molar-refractivity contribution is 0.0497. The lowest BCUT2D eigenvalue weighted by Gasteiger charge is -2.05. The van der Waals surface area contributed by atoms with Crippen molar-refractivity contribution in [2.75, 3.05) is 11.9 Å². The van der Waals surface area contributed by atoms with Crippen LogP contribution in [0.2, 0.25) is 0 Å². The molecule has 1 aromatic rings. The molecule has 23 heavy (non-hydrogen) atoms. The highest BCUT2D eigenvalue weighted by atomic mass is 79.9. The number of benzene rings is 1. The van der Waals surface area contributed by atoms with Crippen molar-refractivity contribution in [1.82, 2.24) is 0 Å². The fourth-order valence-electron chi connectivity index (χ4n) is 2.55. The molecule has 0 aliphatic rings. The Balaban J connectivity index is 1.89. The summed E-state index contributed by atoms with van der Waals surface area (Å²) in [5.41, 5.74) is 1.81. The Hall–Kier alpha value is -0.830. The number of carbonyl (C=O) groups excluding carboxylic acids is 1. The number of hydrogen-bond donors (Lipinski definition) is 0. The number of unbranched alkanes of at least 4 members (excludes halogenated alkanes) is 9. The lowest BCUT2D eigenvalue weighted by Crippen LogP contribution is -2.06. The van der Waals surface area contributed by atoms with E-state index >= 15 is 0 Å². The Kier molecular flexibility index (Phi) is 11.9. The number of ether oxygens (including phenoxy) is 1. The SMILES string of the molecule is Cc1ccc(C(=O)OCCCCCCCCCCCCBr)cc1. The number of alkyl halides is 1. The van der Waals surface area contributed by atoms with Gasteiger partial charge in [-0.05, 0) is 31.9 Å². The maximum Gasteiger partial charge on any atom is 0.338 e. The number of hydrogen-bond acceptors (Lipinski definition) is 2. The zero-order valence-electron chi connectivity index (χ0n) is 14.5. The van der Waals surface area contributed by atoms with Crippen LogP contribution in [0.5, 0.6) is 0 Å². The third-order valence-electron chi connectivity index (χ3n) is 4.05. The number of rotatable bonds is 13. The Morgan fingerprint density at radius 3 is 1.83 bits per heavy atom. The van der Waals surface area contributed by atoms with Crippen molar-refractivity contribution in [2.45, 2.75) is 71.1 Å². The van der Waals surface area contributed by atoms with E-state index in [2.05, 4.69) is 15.9 Å². The second kappa shape index (κ2) is 13.6. The third kappa shape index (κ3) is 10.5. The monoisotopic (exact) mass is 382 g/mol. The normalized spacial score (nSPS) is 10.7. The van der Waals surface area contributed by atoms with Crippen molar-refractivity contribution >= 4 is 21.9 Å². The van der Waals surface area contributed by atoms with Gasteiger partial charge in [0.1, 0.15) is 0 Å². The molecule has 0 bridgehead atoms. The molecule has 0 atom stereocenters. The molecule has 0 aliphatic heterocycles. The van der Waals surface area contributed by atoms with Gasteiger partial charge >= 0.3 is 5.97 Å². The minimum absolute atomic E-state index is 0.200. The first-order valence-corrected chi connectivity index (χ1v) is 10.2. The molecule has 0 amide bonds. The number of aryl methyl sites for hydroxylation is 1. The van der Waals surface area contributed by atoms with E-state index in [-0.39, 0.29) is 5.97 Å². The van der Waals surface area contributed by atoms with Crippen LogP contribution in [0.1, 0.15) is 80.1 Å². The summed E-state index contributed by atoms with van der Waals surface area (Å²) >= 11 is 3.47. The Morgan fingerprint density at radius 1 is 0.826 bits per heavy atom. The fourth-order valence-corrected chi connectivity index (χ4v) is 2.95. The highest BCUT2D eigenvalue weighted by Gasteiger charge is 2.05. The summed E-state index contributed by atoms with van der Waals surface area (Å²) in [6.45, 7) is 2.55. The smallest absolute Gasteiger partial charge is 0.338 e. The maximum absolute atomic E-state index is 11.8. The van der Waals surface area contributed by atoms with E-state index in [9.17, 15) is 4.79 Å². The minimum Gasteiger partial charge on any atom is -0.462 e.